The Morgan fingerprint density at radius 3 is 2.63 bits per heavy atom. The largest absolute Gasteiger partial charge is 0.510 e. The molecule has 0 radical (unpaired) electrons. The van der Waals surface area contributed by atoms with Crippen molar-refractivity contribution in [2.24, 2.45) is 0 Å². The Labute approximate surface area is 111 Å². The zero-order chi connectivity index (χ0) is 13.8. The predicted molar refractivity (Wildman–Crippen MR) is 69.1 cm³/mol. The number of hydrogen-bond donors (Lipinski definition) is 0. The average Bonchev–Trinajstić information content (AvgIpc) is 2.68. The van der Waals surface area contributed by atoms with Gasteiger partial charge in [-0.25, -0.2) is 4.79 Å². The molecule has 1 aliphatic heterocycles. The normalized spacial score (nSPS) is 18.2. The zero-order valence-corrected chi connectivity index (χ0v) is 10.8. The Morgan fingerprint density at radius 2 is 2.00 bits per heavy atom. The summed E-state index contributed by atoms with van der Waals surface area (Å²) in [6, 6.07) is 9.33. The third-order valence-electron chi connectivity index (χ3n) is 2.82. The minimum atomic E-state index is -0.782. The first-order chi connectivity index (χ1) is 9.13. The molecule has 0 N–H and O–H groups in total. The second-order valence-corrected chi connectivity index (χ2v) is 4.07. The number of amides is 1. The lowest BCUT2D eigenvalue weighted by Gasteiger charge is -2.22. The van der Waals surface area contributed by atoms with Crippen LogP contribution < -0.4 is 0 Å². The molecule has 0 saturated heterocycles. The van der Waals surface area contributed by atoms with Gasteiger partial charge in [-0.1, -0.05) is 30.3 Å². The smallest absolute Gasteiger partial charge is 0.435 e. The molecule has 0 fully saturated rings. The molecule has 5 heteroatoms. The van der Waals surface area contributed by atoms with Crippen molar-refractivity contribution in [3.8, 4) is 0 Å². The standard InChI is InChI=1S/C14H15NO4/c1-3-18-14(17)19-13-11(9-12(16)15(13)2)10-7-5-4-6-8-10/h4-9,13H,3H2,1-2H3. The first kappa shape index (κ1) is 13.1. The van der Waals surface area contributed by atoms with Crippen LogP contribution in [0.15, 0.2) is 36.4 Å². The van der Waals surface area contributed by atoms with Gasteiger partial charge in [0.25, 0.3) is 0 Å². The third-order valence-corrected chi connectivity index (χ3v) is 2.82. The highest BCUT2D eigenvalue weighted by molar-refractivity contribution is 6.01. The summed E-state index contributed by atoms with van der Waals surface area (Å²) >= 11 is 0. The molecule has 5 nitrogen and oxygen atoms in total. The van der Waals surface area contributed by atoms with Crippen molar-refractivity contribution in [3.63, 3.8) is 0 Å². The molecule has 0 saturated carbocycles. The van der Waals surface area contributed by atoms with Gasteiger partial charge in [-0.05, 0) is 12.5 Å². The number of hydrogen-bond acceptors (Lipinski definition) is 4. The van der Waals surface area contributed by atoms with E-state index in [1.54, 1.807) is 14.0 Å². The van der Waals surface area contributed by atoms with E-state index in [0.29, 0.717) is 5.57 Å². The Hall–Kier alpha value is -2.30. The van der Waals surface area contributed by atoms with E-state index in [-0.39, 0.29) is 12.5 Å². The highest BCUT2D eigenvalue weighted by atomic mass is 16.7. The molecule has 2 rings (SSSR count). The maximum Gasteiger partial charge on any atom is 0.510 e. The Morgan fingerprint density at radius 1 is 1.32 bits per heavy atom. The second kappa shape index (κ2) is 5.56. The van der Waals surface area contributed by atoms with Gasteiger partial charge in [0.15, 0.2) is 0 Å². The minimum absolute atomic E-state index is 0.201. The molecule has 1 aliphatic rings. The topological polar surface area (TPSA) is 55.8 Å². The number of ether oxygens (including phenoxy) is 2. The van der Waals surface area contributed by atoms with Gasteiger partial charge >= 0.3 is 6.16 Å². The van der Waals surface area contributed by atoms with Crippen LogP contribution in [0.4, 0.5) is 4.79 Å². The van der Waals surface area contributed by atoms with E-state index in [2.05, 4.69) is 0 Å². The van der Waals surface area contributed by atoms with E-state index in [1.807, 2.05) is 30.3 Å². The number of rotatable bonds is 3. The third kappa shape index (κ3) is 2.76. The van der Waals surface area contributed by atoms with Crippen LogP contribution in [-0.2, 0) is 14.3 Å². The van der Waals surface area contributed by atoms with Crippen LogP contribution in [0.25, 0.3) is 5.57 Å². The number of likely N-dealkylation sites (N-methyl/N-ethyl adjacent to an activating group) is 1. The first-order valence-corrected chi connectivity index (χ1v) is 6.00. The van der Waals surface area contributed by atoms with E-state index in [4.69, 9.17) is 9.47 Å². The van der Waals surface area contributed by atoms with Gasteiger partial charge in [0, 0.05) is 18.7 Å². The van der Waals surface area contributed by atoms with Crippen LogP contribution >= 0.6 is 0 Å². The van der Waals surface area contributed by atoms with Crippen LogP contribution in [0, 0.1) is 0 Å². The van der Waals surface area contributed by atoms with Crippen LogP contribution in [0.1, 0.15) is 12.5 Å². The fraction of sp³-hybridized carbons (Fsp3) is 0.286. The lowest BCUT2D eigenvalue weighted by atomic mass is 10.1. The molecule has 1 amide bonds. The molecule has 0 aliphatic carbocycles. The van der Waals surface area contributed by atoms with Crippen LogP contribution in [-0.4, -0.2) is 36.8 Å². The summed E-state index contributed by atoms with van der Waals surface area (Å²) in [6.45, 7) is 1.92. The Balaban J connectivity index is 2.23. The van der Waals surface area contributed by atoms with Gasteiger partial charge in [0.1, 0.15) is 0 Å². The maximum absolute atomic E-state index is 11.7. The summed E-state index contributed by atoms with van der Waals surface area (Å²) in [6.07, 6.45) is -0.0519. The quantitative estimate of drug-likeness (QED) is 0.781. The number of nitrogens with zero attached hydrogens (tertiary/aromatic N) is 1. The van der Waals surface area contributed by atoms with Crippen LogP contribution in [0.5, 0.6) is 0 Å². The monoisotopic (exact) mass is 261 g/mol. The molecule has 0 spiro atoms. The second-order valence-electron chi connectivity index (χ2n) is 4.07. The lowest BCUT2D eigenvalue weighted by Crippen LogP contribution is -2.35. The summed E-state index contributed by atoms with van der Waals surface area (Å²) in [4.78, 5) is 24.5. The predicted octanol–water partition coefficient (Wildman–Crippen LogP) is 2.04. The van der Waals surface area contributed by atoms with Crippen molar-refractivity contribution in [1.82, 2.24) is 4.90 Å². The van der Waals surface area contributed by atoms with Crippen molar-refractivity contribution in [2.75, 3.05) is 13.7 Å². The van der Waals surface area contributed by atoms with Crippen molar-refractivity contribution >= 4 is 17.6 Å². The van der Waals surface area contributed by atoms with Crippen LogP contribution in [0.2, 0.25) is 0 Å². The summed E-state index contributed by atoms with van der Waals surface area (Å²) in [5.74, 6) is -0.201. The SMILES string of the molecule is CCOC(=O)OC1C(c2ccccc2)=CC(=O)N1C. The molecular formula is C14H15NO4. The molecule has 1 heterocycles. The average molecular weight is 261 g/mol. The maximum atomic E-state index is 11.7. The fourth-order valence-corrected chi connectivity index (χ4v) is 1.87. The molecule has 1 aromatic carbocycles. The van der Waals surface area contributed by atoms with E-state index in [1.165, 1.54) is 11.0 Å². The molecule has 0 aromatic heterocycles. The molecule has 1 aromatic rings. The van der Waals surface area contributed by atoms with Gasteiger partial charge in [-0.3, -0.25) is 4.79 Å². The lowest BCUT2D eigenvalue weighted by molar-refractivity contribution is -0.129. The first-order valence-electron chi connectivity index (χ1n) is 6.00. The summed E-state index contributed by atoms with van der Waals surface area (Å²) in [5.41, 5.74) is 1.50. The number of carbonyl (C=O) groups is 2. The molecule has 1 unspecified atom stereocenters. The van der Waals surface area contributed by atoms with E-state index in [0.717, 1.165) is 5.56 Å². The van der Waals surface area contributed by atoms with Gasteiger partial charge in [0.2, 0.25) is 12.1 Å². The van der Waals surface area contributed by atoms with Crippen molar-refractivity contribution < 1.29 is 19.1 Å². The molecule has 1 atom stereocenters. The molecular weight excluding hydrogens is 246 g/mol. The van der Waals surface area contributed by atoms with E-state index in [9.17, 15) is 9.59 Å². The summed E-state index contributed by atoms with van der Waals surface area (Å²) in [5, 5.41) is 0. The van der Waals surface area contributed by atoms with Gasteiger partial charge < -0.3 is 14.4 Å². The molecule has 100 valence electrons. The van der Waals surface area contributed by atoms with E-state index >= 15 is 0 Å². The van der Waals surface area contributed by atoms with Gasteiger partial charge in [-0.2, -0.15) is 0 Å². The van der Waals surface area contributed by atoms with Crippen molar-refractivity contribution in [2.45, 2.75) is 13.2 Å². The Bertz CT molecular complexity index is 509. The fourth-order valence-electron chi connectivity index (χ4n) is 1.87. The van der Waals surface area contributed by atoms with Crippen LogP contribution in [0.3, 0.4) is 0 Å². The number of carbonyl (C=O) groups excluding carboxylic acids is 2. The molecule has 0 bridgehead atoms. The summed E-state index contributed by atoms with van der Waals surface area (Å²) < 4.78 is 9.92. The highest BCUT2D eigenvalue weighted by Gasteiger charge is 2.34. The zero-order valence-electron chi connectivity index (χ0n) is 10.8. The Kier molecular flexibility index (Phi) is 3.85. The number of benzene rings is 1. The summed E-state index contributed by atoms with van der Waals surface area (Å²) in [7, 11) is 1.58. The van der Waals surface area contributed by atoms with Gasteiger partial charge in [-0.15, -0.1) is 0 Å². The van der Waals surface area contributed by atoms with Crippen molar-refractivity contribution in [1.29, 1.82) is 0 Å². The minimum Gasteiger partial charge on any atom is -0.435 e. The highest BCUT2D eigenvalue weighted by Crippen LogP contribution is 2.28. The van der Waals surface area contributed by atoms with E-state index < -0.39 is 12.4 Å². The van der Waals surface area contributed by atoms with Crippen molar-refractivity contribution in [3.05, 3.63) is 42.0 Å². The molecule has 19 heavy (non-hydrogen) atoms. The van der Waals surface area contributed by atoms with Gasteiger partial charge in [0.05, 0.1) is 6.61 Å².